The summed E-state index contributed by atoms with van der Waals surface area (Å²) in [7, 11) is 3.05. The third-order valence-electron chi connectivity index (χ3n) is 5.52. The minimum Gasteiger partial charge on any atom is -0.493 e. The van der Waals surface area contributed by atoms with Crippen molar-refractivity contribution in [2.24, 2.45) is 0 Å². The van der Waals surface area contributed by atoms with Crippen LogP contribution in [0.25, 0.3) is 0 Å². The van der Waals surface area contributed by atoms with E-state index in [0.717, 1.165) is 16.7 Å². The topological polar surface area (TPSA) is 107 Å². The Kier molecular flexibility index (Phi) is 8.57. The molecule has 0 radical (unpaired) electrons. The highest BCUT2D eigenvalue weighted by molar-refractivity contribution is 5.70. The first-order valence-corrected chi connectivity index (χ1v) is 11.2. The Balaban J connectivity index is 1.95. The van der Waals surface area contributed by atoms with Gasteiger partial charge in [-0.25, -0.2) is 0 Å². The molecule has 2 aromatic carbocycles. The van der Waals surface area contributed by atoms with Gasteiger partial charge in [-0.2, -0.15) is 0 Å². The number of esters is 3. The first-order chi connectivity index (χ1) is 16.7. The van der Waals surface area contributed by atoms with E-state index >= 15 is 0 Å². The van der Waals surface area contributed by atoms with Crippen molar-refractivity contribution in [1.29, 1.82) is 0 Å². The van der Waals surface area contributed by atoms with Crippen LogP contribution in [0, 0.1) is 0 Å². The molecule has 9 nitrogen and oxygen atoms in total. The summed E-state index contributed by atoms with van der Waals surface area (Å²) in [6, 6.07) is 9.06. The van der Waals surface area contributed by atoms with Crippen molar-refractivity contribution in [2.75, 3.05) is 27.4 Å². The average molecular weight is 487 g/mol. The predicted octanol–water partition coefficient (Wildman–Crippen LogP) is 3.91. The predicted molar refractivity (Wildman–Crippen MR) is 125 cm³/mol. The van der Waals surface area contributed by atoms with Crippen LogP contribution in [0.1, 0.15) is 55.9 Å². The summed E-state index contributed by atoms with van der Waals surface area (Å²) < 4.78 is 33.0. The van der Waals surface area contributed by atoms with Gasteiger partial charge in [0.05, 0.1) is 26.7 Å². The van der Waals surface area contributed by atoms with Gasteiger partial charge in [0.15, 0.2) is 23.0 Å². The van der Waals surface area contributed by atoms with Crippen LogP contribution in [0.15, 0.2) is 30.3 Å². The molecule has 0 saturated heterocycles. The minimum atomic E-state index is -0.505. The van der Waals surface area contributed by atoms with Gasteiger partial charge in [-0.05, 0) is 42.2 Å². The van der Waals surface area contributed by atoms with Crippen LogP contribution in [0.2, 0.25) is 0 Å². The highest BCUT2D eigenvalue weighted by atomic mass is 16.6. The van der Waals surface area contributed by atoms with E-state index in [1.54, 1.807) is 25.3 Å². The maximum Gasteiger partial charge on any atom is 0.308 e. The van der Waals surface area contributed by atoms with Gasteiger partial charge in [0.1, 0.15) is 12.7 Å². The molecule has 3 rings (SSSR count). The number of fused-ring (bicyclic) bond motifs is 1. The molecule has 0 saturated carbocycles. The lowest BCUT2D eigenvalue weighted by Crippen LogP contribution is -2.17. The van der Waals surface area contributed by atoms with Crippen LogP contribution < -0.4 is 18.9 Å². The largest absolute Gasteiger partial charge is 0.493 e. The smallest absolute Gasteiger partial charge is 0.308 e. The van der Waals surface area contributed by atoms with Crippen LogP contribution in [0.3, 0.4) is 0 Å². The van der Waals surface area contributed by atoms with E-state index in [1.807, 2.05) is 12.1 Å². The Labute approximate surface area is 204 Å². The van der Waals surface area contributed by atoms with Gasteiger partial charge in [-0.15, -0.1) is 0 Å². The molecule has 35 heavy (non-hydrogen) atoms. The number of carbonyl (C=O) groups excluding carboxylic acids is 3. The van der Waals surface area contributed by atoms with Crippen molar-refractivity contribution >= 4 is 17.9 Å². The molecule has 2 aromatic rings. The number of hydrogen-bond donors (Lipinski definition) is 0. The van der Waals surface area contributed by atoms with Gasteiger partial charge in [0.25, 0.3) is 0 Å². The number of methoxy groups -OCH3 is 2. The standard InChI is InChI=1S/C26H30O9/c1-15(27)32-10-6-7-18-11-20-21(14-33-16(2)28)25(35-26(20)24(12-18)31-5)19-8-9-22(34-17(3)29)23(13-19)30-4/h8-9,11-13,21,25H,6-7,10,14H2,1-5H3/t21-,25+/m0/s1. The highest BCUT2D eigenvalue weighted by Crippen LogP contribution is 2.51. The summed E-state index contributed by atoms with van der Waals surface area (Å²) in [5.41, 5.74) is 2.58. The Morgan fingerprint density at radius 2 is 1.57 bits per heavy atom. The number of hydrogen-bond acceptors (Lipinski definition) is 9. The first-order valence-electron chi connectivity index (χ1n) is 11.2. The lowest BCUT2D eigenvalue weighted by atomic mass is 9.90. The summed E-state index contributed by atoms with van der Waals surface area (Å²) in [4.78, 5) is 34.1. The lowest BCUT2D eigenvalue weighted by Gasteiger charge is -2.20. The molecule has 2 atom stereocenters. The van der Waals surface area contributed by atoms with Crippen molar-refractivity contribution in [1.82, 2.24) is 0 Å². The SMILES string of the molecule is COc1cc([C@H]2Oc3c(OC)cc(CCCOC(C)=O)cc3[C@@H]2COC(C)=O)ccc1OC(C)=O. The van der Waals surface area contributed by atoms with Gasteiger partial charge >= 0.3 is 17.9 Å². The lowest BCUT2D eigenvalue weighted by molar-refractivity contribution is -0.142. The Morgan fingerprint density at radius 3 is 2.20 bits per heavy atom. The number of ether oxygens (including phenoxy) is 6. The summed E-state index contributed by atoms with van der Waals surface area (Å²) in [5.74, 6) is 0.309. The molecule has 0 N–H and O–H groups in total. The van der Waals surface area contributed by atoms with Gasteiger partial charge < -0.3 is 28.4 Å². The Morgan fingerprint density at radius 1 is 0.857 bits per heavy atom. The number of benzene rings is 2. The molecular formula is C26H30O9. The molecule has 0 unspecified atom stereocenters. The van der Waals surface area contributed by atoms with E-state index in [0.29, 0.717) is 42.4 Å². The molecule has 9 heteroatoms. The van der Waals surface area contributed by atoms with E-state index in [9.17, 15) is 14.4 Å². The van der Waals surface area contributed by atoms with Crippen LogP contribution in [0.4, 0.5) is 0 Å². The monoisotopic (exact) mass is 486 g/mol. The quantitative estimate of drug-likeness (QED) is 0.281. The van der Waals surface area contributed by atoms with Gasteiger partial charge in [0, 0.05) is 26.3 Å². The fourth-order valence-electron chi connectivity index (χ4n) is 4.03. The number of carbonyl (C=O) groups is 3. The molecule has 0 aromatic heterocycles. The van der Waals surface area contributed by atoms with Gasteiger partial charge in [-0.3, -0.25) is 14.4 Å². The summed E-state index contributed by atoms with van der Waals surface area (Å²) in [5, 5.41) is 0. The molecule has 0 fully saturated rings. The van der Waals surface area contributed by atoms with Crippen molar-refractivity contribution in [3.05, 3.63) is 47.0 Å². The molecule has 0 spiro atoms. The zero-order chi connectivity index (χ0) is 25.5. The molecule has 1 aliphatic heterocycles. The van der Waals surface area contributed by atoms with E-state index < -0.39 is 18.0 Å². The fraction of sp³-hybridized carbons (Fsp3) is 0.423. The summed E-state index contributed by atoms with van der Waals surface area (Å²) in [6.45, 7) is 4.47. The fourth-order valence-corrected chi connectivity index (χ4v) is 4.03. The number of aryl methyl sites for hydroxylation is 1. The van der Waals surface area contributed by atoms with E-state index in [2.05, 4.69) is 0 Å². The van der Waals surface area contributed by atoms with E-state index in [4.69, 9.17) is 28.4 Å². The summed E-state index contributed by atoms with van der Waals surface area (Å²) in [6.07, 6.45) is 0.803. The van der Waals surface area contributed by atoms with Crippen molar-refractivity contribution in [2.45, 2.75) is 45.6 Å². The zero-order valence-corrected chi connectivity index (χ0v) is 20.5. The van der Waals surface area contributed by atoms with Crippen LogP contribution in [0.5, 0.6) is 23.0 Å². The Bertz CT molecular complexity index is 1090. The normalized spacial score (nSPS) is 16.0. The second-order valence-corrected chi connectivity index (χ2v) is 8.11. The molecule has 0 aliphatic carbocycles. The van der Waals surface area contributed by atoms with Crippen molar-refractivity contribution < 1.29 is 42.8 Å². The van der Waals surface area contributed by atoms with Crippen LogP contribution >= 0.6 is 0 Å². The van der Waals surface area contributed by atoms with Crippen molar-refractivity contribution in [3.8, 4) is 23.0 Å². The van der Waals surface area contributed by atoms with E-state index in [1.165, 1.54) is 27.9 Å². The highest BCUT2D eigenvalue weighted by Gasteiger charge is 2.39. The molecule has 0 amide bonds. The maximum atomic E-state index is 11.6. The molecular weight excluding hydrogens is 456 g/mol. The third kappa shape index (κ3) is 6.44. The second kappa shape index (κ2) is 11.6. The maximum absolute atomic E-state index is 11.6. The second-order valence-electron chi connectivity index (χ2n) is 8.11. The molecule has 0 bridgehead atoms. The van der Waals surface area contributed by atoms with Gasteiger partial charge in [0.2, 0.25) is 0 Å². The van der Waals surface area contributed by atoms with Crippen LogP contribution in [-0.2, 0) is 30.3 Å². The minimum absolute atomic E-state index is 0.0983. The Hall–Kier alpha value is -3.75. The third-order valence-corrected chi connectivity index (χ3v) is 5.52. The van der Waals surface area contributed by atoms with Crippen molar-refractivity contribution in [3.63, 3.8) is 0 Å². The molecule has 1 aliphatic rings. The number of rotatable bonds is 10. The summed E-state index contributed by atoms with van der Waals surface area (Å²) >= 11 is 0. The molecule has 1 heterocycles. The van der Waals surface area contributed by atoms with E-state index in [-0.39, 0.29) is 18.5 Å². The first kappa shape index (κ1) is 25.9. The van der Waals surface area contributed by atoms with Gasteiger partial charge in [-0.1, -0.05) is 12.1 Å². The zero-order valence-electron chi connectivity index (χ0n) is 20.5. The average Bonchev–Trinajstić information content (AvgIpc) is 3.18. The molecule has 188 valence electrons. The van der Waals surface area contributed by atoms with Crippen LogP contribution in [-0.4, -0.2) is 45.3 Å².